The fraction of sp³-hybridized carbons (Fsp3) is 0.438. The second-order valence-corrected chi connectivity index (χ2v) is 5.76. The Morgan fingerprint density at radius 2 is 1.86 bits per heavy atom. The number of nitrogens with two attached hydrogens (primary N) is 1. The van der Waals surface area contributed by atoms with Gasteiger partial charge in [0.2, 0.25) is 5.91 Å². The molecule has 3 N–H and O–H groups in total. The summed E-state index contributed by atoms with van der Waals surface area (Å²) in [6.07, 6.45) is 8.41. The van der Waals surface area contributed by atoms with Gasteiger partial charge in [-0.25, -0.2) is 0 Å². The van der Waals surface area contributed by atoms with Crippen LogP contribution in [-0.4, -0.2) is 22.4 Å². The Kier molecular flexibility index (Phi) is 3.84. The van der Waals surface area contributed by atoms with Crippen molar-refractivity contribution >= 4 is 22.6 Å². The van der Waals surface area contributed by atoms with Crippen LogP contribution < -0.4 is 11.1 Å². The number of nitrogens with zero attached hydrogens (tertiary/aromatic N) is 2. The molecule has 1 amide bonds. The molecule has 110 valence electrons. The van der Waals surface area contributed by atoms with Gasteiger partial charge in [-0.3, -0.25) is 14.8 Å². The summed E-state index contributed by atoms with van der Waals surface area (Å²) >= 11 is 0. The first-order valence-corrected chi connectivity index (χ1v) is 7.46. The lowest BCUT2D eigenvalue weighted by Crippen LogP contribution is -2.43. The lowest BCUT2D eigenvalue weighted by molar-refractivity contribution is -0.126. The van der Waals surface area contributed by atoms with E-state index in [1.165, 1.54) is 6.42 Å². The van der Waals surface area contributed by atoms with Gasteiger partial charge in [-0.1, -0.05) is 19.3 Å². The fourth-order valence-electron chi connectivity index (χ4n) is 3.06. The van der Waals surface area contributed by atoms with Gasteiger partial charge in [-0.15, -0.1) is 0 Å². The second-order valence-electron chi connectivity index (χ2n) is 5.76. The molecule has 1 heterocycles. The average Bonchev–Trinajstić information content (AvgIpc) is 2.55. The molecule has 1 fully saturated rings. The van der Waals surface area contributed by atoms with Crippen molar-refractivity contribution in [2.75, 3.05) is 11.9 Å². The number of amides is 1. The van der Waals surface area contributed by atoms with Crippen molar-refractivity contribution < 1.29 is 4.79 Å². The number of hydrogen-bond donors (Lipinski definition) is 2. The van der Waals surface area contributed by atoms with Crippen LogP contribution in [-0.2, 0) is 4.79 Å². The third-order valence-corrected chi connectivity index (χ3v) is 4.41. The first-order chi connectivity index (χ1) is 10.2. The highest BCUT2D eigenvalue weighted by Gasteiger charge is 2.38. The monoisotopic (exact) mass is 284 g/mol. The Balaban J connectivity index is 1.81. The molecule has 1 saturated carbocycles. The molecule has 21 heavy (non-hydrogen) atoms. The minimum Gasteiger partial charge on any atom is -0.329 e. The van der Waals surface area contributed by atoms with Gasteiger partial charge in [-0.2, -0.15) is 0 Å². The molecule has 0 aliphatic heterocycles. The Labute approximate surface area is 124 Å². The van der Waals surface area contributed by atoms with E-state index in [0.717, 1.165) is 42.4 Å². The summed E-state index contributed by atoms with van der Waals surface area (Å²) in [6.45, 7) is 0.409. The van der Waals surface area contributed by atoms with E-state index in [9.17, 15) is 4.79 Å². The molecule has 0 radical (unpaired) electrons. The van der Waals surface area contributed by atoms with Crippen LogP contribution in [0.3, 0.4) is 0 Å². The number of carbonyl (C=O) groups is 1. The predicted octanol–water partition coefficient (Wildman–Crippen LogP) is 2.48. The van der Waals surface area contributed by atoms with Crippen LogP contribution in [0.2, 0.25) is 0 Å². The largest absolute Gasteiger partial charge is 0.329 e. The topological polar surface area (TPSA) is 80.9 Å². The standard InChI is InChI=1S/C16H20N4O/c17-11-16(6-2-1-3-7-16)15(21)20-12-4-5-13-14(10-12)19-9-8-18-13/h4-5,8-10H,1-3,6-7,11,17H2,(H,20,21). The molecule has 0 bridgehead atoms. The number of rotatable bonds is 3. The lowest BCUT2D eigenvalue weighted by atomic mass is 9.73. The van der Waals surface area contributed by atoms with E-state index in [0.29, 0.717) is 6.54 Å². The molecule has 0 atom stereocenters. The molecule has 0 spiro atoms. The van der Waals surface area contributed by atoms with Gasteiger partial charge in [0.05, 0.1) is 16.4 Å². The van der Waals surface area contributed by atoms with Crippen LogP contribution in [0.15, 0.2) is 30.6 Å². The molecule has 5 nitrogen and oxygen atoms in total. The quantitative estimate of drug-likeness (QED) is 0.907. The predicted molar refractivity (Wildman–Crippen MR) is 82.7 cm³/mol. The maximum atomic E-state index is 12.6. The van der Waals surface area contributed by atoms with Crippen LogP contribution in [0.1, 0.15) is 32.1 Å². The van der Waals surface area contributed by atoms with Crippen molar-refractivity contribution in [3.8, 4) is 0 Å². The average molecular weight is 284 g/mol. The highest BCUT2D eigenvalue weighted by atomic mass is 16.2. The summed E-state index contributed by atoms with van der Waals surface area (Å²) in [5.74, 6) is 0.0351. The van der Waals surface area contributed by atoms with E-state index >= 15 is 0 Å². The molecule has 1 aromatic carbocycles. The van der Waals surface area contributed by atoms with Gasteiger partial charge in [-0.05, 0) is 31.0 Å². The summed E-state index contributed by atoms with van der Waals surface area (Å²) in [6, 6.07) is 5.59. The molecule has 1 aliphatic carbocycles. The van der Waals surface area contributed by atoms with Crippen molar-refractivity contribution in [3.05, 3.63) is 30.6 Å². The molecule has 2 aromatic rings. The highest BCUT2D eigenvalue weighted by molar-refractivity contribution is 5.97. The van der Waals surface area contributed by atoms with Gasteiger partial charge in [0.15, 0.2) is 0 Å². The van der Waals surface area contributed by atoms with Gasteiger partial charge in [0.25, 0.3) is 0 Å². The van der Waals surface area contributed by atoms with Crippen LogP contribution in [0.4, 0.5) is 5.69 Å². The smallest absolute Gasteiger partial charge is 0.231 e. The maximum Gasteiger partial charge on any atom is 0.231 e. The zero-order valence-corrected chi connectivity index (χ0v) is 12.0. The Morgan fingerprint density at radius 1 is 1.14 bits per heavy atom. The summed E-state index contributed by atoms with van der Waals surface area (Å²) in [5.41, 5.74) is 7.85. The van der Waals surface area contributed by atoms with E-state index in [1.54, 1.807) is 12.4 Å². The Bertz CT molecular complexity index is 650. The number of benzene rings is 1. The number of hydrogen-bond acceptors (Lipinski definition) is 4. The Hall–Kier alpha value is -2.01. The van der Waals surface area contributed by atoms with Crippen LogP contribution in [0, 0.1) is 5.41 Å². The maximum absolute atomic E-state index is 12.6. The number of anilines is 1. The van der Waals surface area contributed by atoms with E-state index in [1.807, 2.05) is 18.2 Å². The SMILES string of the molecule is NCC1(C(=O)Nc2ccc3nccnc3c2)CCCCC1. The van der Waals surface area contributed by atoms with Gasteiger partial charge >= 0.3 is 0 Å². The Morgan fingerprint density at radius 3 is 2.57 bits per heavy atom. The van der Waals surface area contributed by atoms with Crippen molar-refractivity contribution in [1.82, 2.24) is 9.97 Å². The number of nitrogens with one attached hydrogen (secondary N) is 1. The number of carbonyl (C=O) groups excluding carboxylic acids is 1. The number of fused-ring (bicyclic) bond motifs is 1. The van der Waals surface area contributed by atoms with Crippen molar-refractivity contribution in [2.45, 2.75) is 32.1 Å². The van der Waals surface area contributed by atoms with Crippen molar-refractivity contribution in [2.24, 2.45) is 11.1 Å². The van der Waals surface area contributed by atoms with Crippen LogP contribution in [0.5, 0.6) is 0 Å². The molecular weight excluding hydrogens is 264 g/mol. The van der Waals surface area contributed by atoms with Gasteiger partial charge in [0.1, 0.15) is 0 Å². The fourth-order valence-corrected chi connectivity index (χ4v) is 3.06. The van der Waals surface area contributed by atoms with E-state index in [2.05, 4.69) is 15.3 Å². The normalized spacial score (nSPS) is 17.6. The molecule has 1 aliphatic rings. The first kappa shape index (κ1) is 13.9. The van der Waals surface area contributed by atoms with E-state index < -0.39 is 5.41 Å². The third-order valence-electron chi connectivity index (χ3n) is 4.41. The summed E-state index contributed by atoms with van der Waals surface area (Å²) in [4.78, 5) is 21.1. The van der Waals surface area contributed by atoms with Crippen LogP contribution >= 0.6 is 0 Å². The molecule has 1 aromatic heterocycles. The van der Waals surface area contributed by atoms with Crippen LogP contribution in [0.25, 0.3) is 11.0 Å². The van der Waals surface area contributed by atoms with Crippen molar-refractivity contribution in [1.29, 1.82) is 0 Å². The van der Waals surface area contributed by atoms with Gasteiger partial charge in [0, 0.05) is 24.6 Å². The summed E-state index contributed by atoms with van der Waals surface area (Å²) in [7, 11) is 0. The zero-order chi connectivity index (χ0) is 14.7. The van der Waals surface area contributed by atoms with E-state index in [4.69, 9.17) is 5.73 Å². The zero-order valence-electron chi connectivity index (χ0n) is 12.0. The van der Waals surface area contributed by atoms with E-state index in [-0.39, 0.29) is 5.91 Å². The minimum atomic E-state index is -0.407. The minimum absolute atomic E-state index is 0.0351. The number of aromatic nitrogens is 2. The molecular formula is C16H20N4O. The van der Waals surface area contributed by atoms with Crippen molar-refractivity contribution in [3.63, 3.8) is 0 Å². The molecule has 3 rings (SSSR count). The summed E-state index contributed by atoms with van der Waals surface area (Å²) in [5, 5.41) is 3.01. The highest BCUT2D eigenvalue weighted by Crippen LogP contribution is 2.36. The third kappa shape index (κ3) is 2.74. The molecule has 5 heteroatoms. The molecule has 0 unspecified atom stereocenters. The summed E-state index contributed by atoms with van der Waals surface area (Å²) < 4.78 is 0. The lowest BCUT2D eigenvalue weighted by Gasteiger charge is -2.34. The van der Waals surface area contributed by atoms with Gasteiger partial charge < -0.3 is 11.1 Å². The first-order valence-electron chi connectivity index (χ1n) is 7.46. The molecule has 0 saturated heterocycles. The second kappa shape index (κ2) is 5.77.